The van der Waals surface area contributed by atoms with Crippen LogP contribution in [0.1, 0.15) is 72.5 Å². The number of para-hydroxylation sites is 1. The Kier molecular flexibility index (Phi) is 5.18. The van der Waals surface area contributed by atoms with Gasteiger partial charge in [0, 0.05) is 41.7 Å². The van der Waals surface area contributed by atoms with Gasteiger partial charge in [0.2, 0.25) is 5.92 Å². The Hall–Kier alpha value is -3.36. The summed E-state index contributed by atoms with van der Waals surface area (Å²) < 4.78 is 29.4. The number of hydrogen-bond acceptors (Lipinski definition) is 5. The third kappa shape index (κ3) is 3.63. The fourth-order valence-corrected chi connectivity index (χ4v) is 5.40. The lowest BCUT2D eigenvalue weighted by atomic mass is 9.71. The highest BCUT2D eigenvalue weighted by Gasteiger charge is 2.49. The van der Waals surface area contributed by atoms with Crippen molar-refractivity contribution in [3.63, 3.8) is 0 Å². The number of fused-ring (bicyclic) bond motifs is 3. The van der Waals surface area contributed by atoms with Gasteiger partial charge in [0.25, 0.3) is 5.56 Å². The van der Waals surface area contributed by atoms with Crippen LogP contribution < -0.4 is 10.9 Å². The molecule has 1 aliphatic carbocycles. The van der Waals surface area contributed by atoms with Crippen LogP contribution >= 0.6 is 0 Å². The molecule has 0 saturated heterocycles. The number of nitrogens with zero attached hydrogens (tertiary/aromatic N) is 3. The minimum Gasteiger partial charge on any atom is -0.478 e. The molecule has 5 rings (SSSR count). The molecule has 0 unspecified atom stereocenters. The largest absolute Gasteiger partial charge is 0.478 e. The van der Waals surface area contributed by atoms with E-state index in [1.807, 2.05) is 13.0 Å². The number of aromatic carboxylic acids is 1. The molecule has 1 atom stereocenters. The molecule has 3 heterocycles. The average molecular weight is 469 g/mol. The molecule has 2 N–H and O–H groups in total. The van der Waals surface area contributed by atoms with E-state index in [1.165, 1.54) is 6.07 Å². The number of pyridine rings is 1. The normalized spacial score (nSPS) is 19.2. The van der Waals surface area contributed by atoms with E-state index in [0.717, 1.165) is 0 Å². The molecule has 2 aromatic heterocycles. The van der Waals surface area contributed by atoms with Gasteiger partial charge in [-0.2, -0.15) is 0 Å². The Morgan fingerprint density at radius 1 is 1.12 bits per heavy atom. The quantitative estimate of drug-likeness (QED) is 0.570. The van der Waals surface area contributed by atoms with Crippen molar-refractivity contribution in [1.29, 1.82) is 0 Å². The second-order valence-corrected chi connectivity index (χ2v) is 9.55. The van der Waals surface area contributed by atoms with Crippen molar-refractivity contribution >= 4 is 22.7 Å². The monoisotopic (exact) mass is 468 g/mol. The number of aryl methyl sites for hydroxylation is 1. The van der Waals surface area contributed by atoms with E-state index in [2.05, 4.69) is 10.3 Å². The Labute approximate surface area is 194 Å². The van der Waals surface area contributed by atoms with E-state index in [0.29, 0.717) is 54.1 Å². The van der Waals surface area contributed by atoms with E-state index in [9.17, 15) is 23.5 Å². The molecule has 7 nitrogen and oxygen atoms in total. The standard InChI is InChI=1S/C25H26F2N4O3/c1-14-13-17(15(2)29-18-6-4-3-5-16(18)22(33)34)19-20(28-14)21(32)31-12-11-24(23(31)30-19)7-9-25(26,27)10-8-24/h3-6,13,15,29H,7-12H2,1-2H3,(H,33,34)/t15-/m1/s1. The molecule has 34 heavy (non-hydrogen) atoms. The number of rotatable bonds is 4. The van der Waals surface area contributed by atoms with Crippen LogP contribution in [0.4, 0.5) is 14.5 Å². The summed E-state index contributed by atoms with van der Waals surface area (Å²) in [5.41, 5.74) is 1.86. The first-order valence-corrected chi connectivity index (χ1v) is 11.5. The van der Waals surface area contributed by atoms with Gasteiger partial charge in [0.1, 0.15) is 11.3 Å². The zero-order valence-electron chi connectivity index (χ0n) is 19.1. The second-order valence-electron chi connectivity index (χ2n) is 9.55. The molecule has 1 aromatic carbocycles. The summed E-state index contributed by atoms with van der Waals surface area (Å²) in [6.45, 7) is 4.12. The van der Waals surface area contributed by atoms with Crippen LogP contribution in [0.25, 0.3) is 11.0 Å². The number of carboxylic acid groups (broad SMARTS) is 1. The molecule has 0 amide bonds. The average Bonchev–Trinajstić information content (AvgIpc) is 3.15. The van der Waals surface area contributed by atoms with Gasteiger partial charge in [-0.05, 0) is 51.3 Å². The summed E-state index contributed by atoms with van der Waals surface area (Å²) in [7, 11) is 0. The highest BCUT2D eigenvalue weighted by Crippen LogP contribution is 2.49. The van der Waals surface area contributed by atoms with E-state index >= 15 is 0 Å². The van der Waals surface area contributed by atoms with Crippen molar-refractivity contribution < 1.29 is 18.7 Å². The number of aromatic nitrogens is 3. The predicted molar refractivity (Wildman–Crippen MR) is 124 cm³/mol. The van der Waals surface area contributed by atoms with Gasteiger partial charge in [-0.1, -0.05) is 12.1 Å². The Morgan fingerprint density at radius 3 is 2.53 bits per heavy atom. The molecule has 0 bridgehead atoms. The molecule has 9 heteroatoms. The molecule has 178 valence electrons. The summed E-state index contributed by atoms with van der Waals surface area (Å²) in [6, 6.07) is 8.07. The van der Waals surface area contributed by atoms with E-state index in [1.54, 1.807) is 29.7 Å². The maximum Gasteiger partial charge on any atom is 0.337 e. The fraction of sp³-hybridized carbons (Fsp3) is 0.440. The smallest absolute Gasteiger partial charge is 0.337 e. The second kappa shape index (κ2) is 7.85. The molecule has 1 saturated carbocycles. The van der Waals surface area contributed by atoms with Gasteiger partial charge < -0.3 is 10.4 Å². The molecule has 0 radical (unpaired) electrons. The summed E-state index contributed by atoms with van der Waals surface area (Å²) in [6.07, 6.45) is 0.808. The first-order chi connectivity index (χ1) is 16.1. The van der Waals surface area contributed by atoms with Crippen molar-refractivity contribution in [2.45, 2.75) is 69.9 Å². The fourth-order valence-electron chi connectivity index (χ4n) is 5.40. The predicted octanol–water partition coefficient (Wildman–Crippen LogP) is 4.82. The molecule has 3 aromatic rings. The lowest BCUT2D eigenvalue weighted by Gasteiger charge is -2.36. The number of hydrogen-bond donors (Lipinski definition) is 2. The number of anilines is 1. The topological polar surface area (TPSA) is 97.1 Å². The minimum atomic E-state index is -2.67. The lowest BCUT2D eigenvalue weighted by Crippen LogP contribution is -2.37. The Bertz CT molecular complexity index is 1360. The molecule has 2 aliphatic rings. The number of benzene rings is 1. The zero-order valence-corrected chi connectivity index (χ0v) is 19.1. The van der Waals surface area contributed by atoms with Crippen molar-refractivity contribution in [2.24, 2.45) is 0 Å². The molecule has 1 fully saturated rings. The highest BCUT2D eigenvalue weighted by atomic mass is 19.3. The number of carbonyl (C=O) groups is 1. The molecular formula is C25H26F2N4O3. The van der Waals surface area contributed by atoms with Gasteiger partial charge in [-0.15, -0.1) is 0 Å². The van der Waals surface area contributed by atoms with Crippen LogP contribution in [0.3, 0.4) is 0 Å². The third-order valence-electron chi connectivity index (χ3n) is 7.29. The number of nitrogens with one attached hydrogen (secondary N) is 1. The first-order valence-electron chi connectivity index (χ1n) is 11.5. The minimum absolute atomic E-state index is 0.139. The number of halogens is 2. The zero-order chi connectivity index (χ0) is 24.3. The summed E-state index contributed by atoms with van der Waals surface area (Å²) in [5, 5.41) is 12.8. The molecular weight excluding hydrogens is 442 g/mol. The lowest BCUT2D eigenvalue weighted by molar-refractivity contribution is -0.0523. The van der Waals surface area contributed by atoms with E-state index in [4.69, 9.17) is 4.98 Å². The van der Waals surface area contributed by atoms with Gasteiger partial charge in [0.05, 0.1) is 11.6 Å². The number of alkyl halides is 2. The summed E-state index contributed by atoms with van der Waals surface area (Å²) in [5.74, 6) is -3.14. The van der Waals surface area contributed by atoms with Gasteiger partial charge in [-0.25, -0.2) is 23.5 Å². The van der Waals surface area contributed by atoms with Crippen LogP contribution in [-0.4, -0.2) is 31.5 Å². The third-order valence-corrected chi connectivity index (χ3v) is 7.29. The first kappa shape index (κ1) is 22.4. The van der Waals surface area contributed by atoms with Crippen molar-refractivity contribution in [3.8, 4) is 0 Å². The SMILES string of the molecule is Cc1cc([C@@H](C)Nc2ccccc2C(=O)O)c2nc3n(c(=O)c2n1)CCC31CCC(F)(F)CC1. The van der Waals surface area contributed by atoms with Crippen LogP contribution in [0, 0.1) is 6.92 Å². The highest BCUT2D eigenvalue weighted by molar-refractivity contribution is 5.94. The maximum atomic E-state index is 13.9. The van der Waals surface area contributed by atoms with Crippen LogP contribution in [-0.2, 0) is 12.0 Å². The molecule has 1 spiro atoms. The van der Waals surface area contributed by atoms with E-state index in [-0.39, 0.29) is 35.5 Å². The Balaban J connectivity index is 1.62. The summed E-state index contributed by atoms with van der Waals surface area (Å²) >= 11 is 0. The van der Waals surface area contributed by atoms with Crippen molar-refractivity contribution in [2.75, 3.05) is 5.32 Å². The molecule has 1 aliphatic heterocycles. The maximum absolute atomic E-state index is 13.9. The van der Waals surface area contributed by atoms with Crippen LogP contribution in [0.15, 0.2) is 35.1 Å². The van der Waals surface area contributed by atoms with Gasteiger partial charge in [0.15, 0.2) is 5.52 Å². The summed E-state index contributed by atoms with van der Waals surface area (Å²) in [4.78, 5) is 34.4. The number of carboxylic acids is 1. The Morgan fingerprint density at radius 2 is 1.82 bits per heavy atom. The van der Waals surface area contributed by atoms with Crippen molar-refractivity contribution in [3.05, 3.63) is 63.3 Å². The van der Waals surface area contributed by atoms with Crippen LogP contribution in [0.2, 0.25) is 0 Å². The van der Waals surface area contributed by atoms with Gasteiger partial charge in [-0.3, -0.25) is 9.36 Å². The van der Waals surface area contributed by atoms with Crippen molar-refractivity contribution in [1.82, 2.24) is 14.5 Å². The van der Waals surface area contributed by atoms with Crippen LogP contribution in [0.5, 0.6) is 0 Å². The van der Waals surface area contributed by atoms with Gasteiger partial charge >= 0.3 is 5.97 Å². The van der Waals surface area contributed by atoms with E-state index < -0.39 is 17.3 Å².